The lowest BCUT2D eigenvalue weighted by Crippen LogP contribution is -2.35. The van der Waals surface area contributed by atoms with E-state index in [0.29, 0.717) is 0 Å². The maximum absolute atomic E-state index is 10.9. The minimum absolute atomic E-state index is 0.299. The van der Waals surface area contributed by atoms with Gasteiger partial charge in [-0.25, -0.2) is 4.79 Å². The first-order chi connectivity index (χ1) is 4.87. The highest BCUT2D eigenvalue weighted by Crippen LogP contribution is 2.07. The van der Waals surface area contributed by atoms with Crippen LogP contribution in [0.15, 0.2) is 0 Å². The highest BCUT2D eigenvalue weighted by Gasteiger charge is 2.22. The molecule has 0 aliphatic heterocycles. The third kappa shape index (κ3) is 4.98. The van der Waals surface area contributed by atoms with Gasteiger partial charge in [-0.15, -0.1) is 0 Å². The van der Waals surface area contributed by atoms with Crippen LogP contribution in [0.25, 0.3) is 0 Å². The maximum atomic E-state index is 10.9. The SMILES string of the molecule is COC(=O)[C@H](C)O[Si](C)(C)C. The topological polar surface area (TPSA) is 35.5 Å². The lowest BCUT2D eigenvalue weighted by Gasteiger charge is -2.21. The summed E-state index contributed by atoms with van der Waals surface area (Å²) in [6, 6.07) is 0. The summed E-state index contributed by atoms with van der Waals surface area (Å²) in [7, 11) is -0.233. The first-order valence-corrected chi connectivity index (χ1v) is 7.03. The highest BCUT2D eigenvalue weighted by molar-refractivity contribution is 6.69. The number of carbonyl (C=O) groups excluding carboxylic acids is 1. The molecule has 0 bridgehead atoms. The van der Waals surface area contributed by atoms with Gasteiger partial charge in [-0.1, -0.05) is 0 Å². The van der Waals surface area contributed by atoms with Gasteiger partial charge in [0.15, 0.2) is 8.32 Å². The normalized spacial score (nSPS) is 14.3. The van der Waals surface area contributed by atoms with Crippen molar-refractivity contribution < 1.29 is 14.0 Å². The fourth-order valence-corrected chi connectivity index (χ4v) is 1.90. The average Bonchev–Trinajstić information content (AvgIpc) is 1.82. The van der Waals surface area contributed by atoms with Gasteiger partial charge in [-0.2, -0.15) is 0 Å². The number of carbonyl (C=O) groups is 1. The summed E-state index contributed by atoms with van der Waals surface area (Å²) in [5.74, 6) is -0.299. The first-order valence-electron chi connectivity index (χ1n) is 3.62. The fourth-order valence-electron chi connectivity index (χ4n) is 0.744. The van der Waals surface area contributed by atoms with Crippen LogP contribution in [0.2, 0.25) is 19.6 Å². The molecule has 0 amide bonds. The smallest absolute Gasteiger partial charge is 0.333 e. The van der Waals surface area contributed by atoms with E-state index in [1.165, 1.54) is 7.11 Å². The summed E-state index contributed by atoms with van der Waals surface area (Å²) in [5, 5.41) is 0. The number of hydrogen-bond donors (Lipinski definition) is 0. The van der Waals surface area contributed by atoms with Gasteiger partial charge in [-0.05, 0) is 26.6 Å². The summed E-state index contributed by atoms with van der Waals surface area (Å²) in [5.41, 5.74) is 0. The second-order valence-electron chi connectivity index (χ2n) is 3.40. The van der Waals surface area contributed by atoms with Crippen molar-refractivity contribution in [2.45, 2.75) is 32.7 Å². The average molecular weight is 176 g/mol. The van der Waals surface area contributed by atoms with Crippen LogP contribution in [-0.4, -0.2) is 27.5 Å². The maximum Gasteiger partial charge on any atom is 0.333 e. The monoisotopic (exact) mass is 176 g/mol. The van der Waals surface area contributed by atoms with Crippen molar-refractivity contribution in [3.05, 3.63) is 0 Å². The Balaban J connectivity index is 3.87. The van der Waals surface area contributed by atoms with Crippen molar-refractivity contribution in [1.82, 2.24) is 0 Å². The first kappa shape index (κ1) is 10.6. The van der Waals surface area contributed by atoms with E-state index < -0.39 is 14.4 Å². The zero-order valence-electron chi connectivity index (χ0n) is 7.80. The van der Waals surface area contributed by atoms with Gasteiger partial charge in [-0.3, -0.25) is 0 Å². The summed E-state index contributed by atoms with van der Waals surface area (Å²) in [6.45, 7) is 7.81. The Bertz CT molecular complexity index is 139. The molecule has 0 aromatic rings. The van der Waals surface area contributed by atoms with E-state index in [4.69, 9.17) is 4.43 Å². The van der Waals surface area contributed by atoms with Crippen molar-refractivity contribution in [2.75, 3.05) is 7.11 Å². The molecule has 3 nitrogen and oxygen atoms in total. The van der Waals surface area contributed by atoms with E-state index in [-0.39, 0.29) is 5.97 Å². The molecule has 0 fully saturated rings. The lowest BCUT2D eigenvalue weighted by molar-refractivity contribution is -0.148. The summed E-state index contributed by atoms with van der Waals surface area (Å²) in [6.07, 6.45) is -0.424. The Labute approximate surface area is 68.8 Å². The van der Waals surface area contributed by atoms with E-state index in [1.807, 2.05) is 19.6 Å². The molecule has 0 radical (unpaired) electrons. The third-order valence-corrected chi connectivity index (χ3v) is 2.12. The van der Waals surface area contributed by atoms with E-state index >= 15 is 0 Å². The van der Waals surface area contributed by atoms with Gasteiger partial charge < -0.3 is 9.16 Å². The molecule has 0 spiro atoms. The molecule has 1 atom stereocenters. The number of rotatable bonds is 3. The predicted molar refractivity (Wildman–Crippen MR) is 45.9 cm³/mol. The molecule has 0 unspecified atom stereocenters. The van der Waals surface area contributed by atoms with Crippen LogP contribution in [0.5, 0.6) is 0 Å². The highest BCUT2D eigenvalue weighted by atomic mass is 28.4. The molecule has 0 saturated heterocycles. The van der Waals surface area contributed by atoms with Gasteiger partial charge in [0.2, 0.25) is 0 Å². The van der Waals surface area contributed by atoms with Crippen molar-refractivity contribution >= 4 is 14.3 Å². The second kappa shape index (κ2) is 3.87. The van der Waals surface area contributed by atoms with Crippen LogP contribution in [-0.2, 0) is 14.0 Å². The number of ether oxygens (including phenoxy) is 1. The molecular weight excluding hydrogens is 160 g/mol. The number of methoxy groups -OCH3 is 1. The number of hydrogen-bond acceptors (Lipinski definition) is 3. The Morgan fingerprint density at radius 1 is 1.36 bits per heavy atom. The van der Waals surface area contributed by atoms with Crippen LogP contribution in [0, 0.1) is 0 Å². The molecular formula is C7H16O3Si. The minimum atomic E-state index is -1.60. The molecule has 0 aromatic carbocycles. The van der Waals surface area contributed by atoms with Crippen LogP contribution in [0.3, 0.4) is 0 Å². The molecule has 4 heteroatoms. The van der Waals surface area contributed by atoms with Crippen LogP contribution in [0.1, 0.15) is 6.92 Å². The Morgan fingerprint density at radius 2 is 1.82 bits per heavy atom. The number of esters is 1. The minimum Gasteiger partial charge on any atom is -0.467 e. The molecule has 0 aromatic heterocycles. The van der Waals surface area contributed by atoms with Gasteiger partial charge in [0.05, 0.1) is 7.11 Å². The third-order valence-electron chi connectivity index (χ3n) is 1.06. The zero-order chi connectivity index (χ0) is 9.07. The fraction of sp³-hybridized carbons (Fsp3) is 0.857. The lowest BCUT2D eigenvalue weighted by atomic mass is 10.4. The van der Waals surface area contributed by atoms with Gasteiger partial charge in [0.1, 0.15) is 6.10 Å². The molecule has 0 N–H and O–H groups in total. The molecule has 66 valence electrons. The molecule has 11 heavy (non-hydrogen) atoms. The molecule has 0 rings (SSSR count). The molecule has 0 aliphatic rings. The molecule has 0 heterocycles. The molecule has 0 aliphatic carbocycles. The summed E-state index contributed by atoms with van der Waals surface area (Å²) >= 11 is 0. The summed E-state index contributed by atoms with van der Waals surface area (Å²) in [4.78, 5) is 10.9. The standard InChI is InChI=1S/C7H16O3Si/c1-6(7(8)9-2)10-11(3,4)5/h6H,1-5H3/t6-/m0/s1. The van der Waals surface area contributed by atoms with E-state index in [9.17, 15) is 4.79 Å². The van der Waals surface area contributed by atoms with Gasteiger partial charge in [0.25, 0.3) is 0 Å². The zero-order valence-corrected chi connectivity index (χ0v) is 8.80. The predicted octanol–water partition coefficient (Wildman–Crippen LogP) is 1.40. The summed E-state index contributed by atoms with van der Waals surface area (Å²) < 4.78 is 9.97. The van der Waals surface area contributed by atoms with Crippen LogP contribution < -0.4 is 0 Å². The van der Waals surface area contributed by atoms with Gasteiger partial charge in [0, 0.05) is 0 Å². The Morgan fingerprint density at radius 3 is 2.09 bits per heavy atom. The quantitative estimate of drug-likeness (QED) is 0.481. The van der Waals surface area contributed by atoms with Crippen molar-refractivity contribution in [2.24, 2.45) is 0 Å². The van der Waals surface area contributed by atoms with E-state index in [1.54, 1.807) is 6.92 Å². The van der Waals surface area contributed by atoms with Crippen molar-refractivity contribution in [1.29, 1.82) is 0 Å². The van der Waals surface area contributed by atoms with E-state index in [0.717, 1.165) is 0 Å². The van der Waals surface area contributed by atoms with Gasteiger partial charge >= 0.3 is 5.97 Å². The van der Waals surface area contributed by atoms with Crippen LogP contribution in [0.4, 0.5) is 0 Å². The Kier molecular flexibility index (Phi) is 3.75. The van der Waals surface area contributed by atoms with Crippen LogP contribution >= 0.6 is 0 Å². The largest absolute Gasteiger partial charge is 0.467 e. The Hall–Kier alpha value is -0.353. The molecule has 0 saturated carbocycles. The van der Waals surface area contributed by atoms with Crippen molar-refractivity contribution in [3.63, 3.8) is 0 Å². The van der Waals surface area contributed by atoms with Crippen molar-refractivity contribution in [3.8, 4) is 0 Å². The second-order valence-corrected chi connectivity index (χ2v) is 7.86. The van der Waals surface area contributed by atoms with E-state index in [2.05, 4.69) is 4.74 Å².